The van der Waals surface area contributed by atoms with Crippen LogP contribution in [0.4, 0.5) is 32.3 Å². The van der Waals surface area contributed by atoms with Gasteiger partial charge in [0.05, 0.1) is 30.8 Å². The third-order valence-corrected chi connectivity index (χ3v) is 5.62. The number of carbonyl (C=O) groups is 2. The minimum Gasteiger partial charge on any atom is -0.308 e. The van der Waals surface area contributed by atoms with Gasteiger partial charge in [-0.05, 0) is 54.6 Å². The van der Waals surface area contributed by atoms with Crippen molar-refractivity contribution in [2.75, 3.05) is 21.3 Å². The number of rotatable bonds is 4. The smallest absolute Gasteiger partial charge is 0.308 e. The first-order chi connectivity index (χ1) is 14.7. The van der Waals surface area contributed by atoms with E-state index in [0.717, 1.165) is 0 Å². The molecule has 3 aromatic carbocycles. The van der Waals surface area contributed by atoms with Crippen molar-refractivity contribution in [1.29, 1.82) is 0 Å². The Balaban J connectivity index is 1.59. The van der Waals surface area contributed by atoms with Gasteiger partial charge in [0.2, 0.25) is 0 Å². The summed E-state index contributed by atoms with van der Waals surface area (Å²) in [5, 5.41) is 12.1. The van der Waals surface area contributed by atoms with Gasteiger partial charge in [0.1, 0.15) is 0 Å². The van der Waals surface area contributed by atoms with Crippen molar-refractivity contribution in [3.05, 3.63) is 79.7 Å². The van der Waals surface area contributed by atoms with Crippen LogP contribution in [0.1, 0.15) is 0 Å². The maximum atomic E-state index is 12.2. The largest absolute Gasteiger partial charge is 0.323 e. The SMILES string of the molecule is O=C(Nc1ccc(Cl)c(Cl)c1)Nc1ccc(NC(=O)Nc2ccc(Cl)c(Cl)c2)c(Cl)c1. The number of halogens is 5. The van der Waals surface area contributed by atoms with Gasteiger partial charge in [-0.1, -0.05) is 58.0 Å². The van der Waals surface area contributed by atoms with Crippen LogP contribution < -0.4 is 21.3 Å². The van der Waals surface area contributed by atoms with Crippen LogP contribution in [0.15, 0.2) is 54.6 Å². The van der Waals surface area contributed by atoms with Gasteiger partial charge in [0.25, 0.3) is 0 Å². The van der Waals surface area contributed by atoms with Gasteiger partial charge >= 0.3 is 12.1 Å². The number of hydrogen-bond acceptors (Lipinski definition) is 2. The fourth-order valence-corrected chi connectivity index (χ4v) is 3.24. The molecule has 0 aliphatic rings. The summed E-state index contributed by atoms with van der Waals surface area (Å²) in [6, 6.07) is 13.0. The number of carbonyl (C=O) groups excluding carboxylic acids is 2. The molecule has 0 atom stereocenters. The molecule has 6 nitrogen and oxygen atoms in total. The maximum absolute atomic E-state index is 12.2. The molecular weight excluding hydrogens is 506 g/mol. The van der Waals surface area contributed by atoms with E-state index in [1.54, 1.807) is 36.4 Å². The van der Waals surface area contributed by atoms with Crippen molar-refractivity contribution in [3.8, 4) is 0 Å². The van der Waals surface area contributed by atoms with E-state index < -0.39 is 12.1 Å². The monoisotopic (exact) mass is 516 g/mol. The Morgan fingerprint density at radius 3 is 1.29 bits per heavy atom. The van der Waals surface area contributed by atoms with Crippen LogP contribution in [-0.2, 0) is 0 Å². The highest BCUT2D eigenvalue weighted by Gasteiger charge is 2.10. The minimum absolute atomic E-state index is 0.219. The third-order valence-electron chi connectivity index (χ3n) is 3.83. The Kier molecular flexibility index (Phi) is 7.75. The number of nitrogens with one attached hydrogen (secondary N) is 4. The van der Waals surface area contributed by atoms with Crippen LogP contribution in [0.5, 0.6) is 0 Å². The van der Waals surface area contributed by atoms with Gasteiger partial charge in [-0.15, -0.1) is 0 Å². The highest BCUT2D eigenvalue weighted by atomic mass is 35.5. The number of hydrogen-bond donors (Lipinski definition) is 4. The molecule has 0 unspecified atom stereocenters. The van der Waals surface area contributed by atoms with E-state index in [-0.39, 0.29) is 5.02 Å². The second-order valence-corrected chi connectivity index (χ2v) is 8.15. The van der Waals surface area contributed by atoms with Crippen LogP contribution in [0, 0.1) is 0 Å². The summed E-state index contributed by atoms with van der Waals surface area (Å²) in [6.45, 7) is 0. The van der Waals surface area contributed by atoms with E-state index in [2.05, 4.69) is 21.3 Å². The van der Waals surface area contributed by atoms with Crippen LogP contribution in [0.25, 0.3) is 0 Å². The molecule has 0 aliphatic carbocycles. The lowest BCUT2D eigenvalue weighted by Crippen LogP contribution is -2.20. The summed E-state index contributed by atoms with van der Waals surface area (Å²) < 4.78 is 0. The maximum Gasteiger partial charge on any atom is 0.323 e. The standard InChI is InChI=1S/C20H13Cl5N4O2/c21-13-4-1-10(7-15(13)23)26-19(30)27-12-3-6-18(17(25)9-12)29-20(31)28-11-2-5-14(22)16(24)8-11/h1-9H,(H2,26,27,30)(H2,28,29,31). The Morgan fingerprint density at radius 1 is 0.484 bits per heavy atom. The zero-order chi connectivity index (χ0) is 22.5. The molecule has 0 bridgehead atoms. The van der Waals surface area contributed by atoms with Gasteiger partial charge in [0.15, 0.2) is 0 Å². The van der Waals surface area contributed by atoms with Crippen molar-refractivity contribution in [2.45, 2.75) is 0 Å². The van der Waals surface area contributed by atoms with Gasteiger partial charge in [-0.25, -0.2) is 9.59 Å². The lowest BCUT2D eigenvalue weighted by Gasteiger charge is -2.12. The van der Waals surface area contributed by atoms with Gasteiger partial charge in [-0.3, -0.25) is 0 Å². The van der Waals surface area contributed by atoms with Gasteiger partial charge < -0.3 is 21.3 Å². The van der Waals surface area contributed by atoms with Crippen molar-refractivity contribution >= 4 is 92.8 Å². The summed E-state index contributed by atoms with van der Waals surface area (Å²) in [5.41, 5.74) is 1.68. The zero-order valence-corrected chi connectivity index (χ0v) is 19.2. The molecule has 0 aliphatic heterocycles. The molecule has 4 N–H and O–H groups in total. The first kappa shape index (κ1) is 23.3. The number of amides is 4. The lowest BCUT2D eigenvalue weighted by molar-refractivity contribution is 0.261. The van der Waals surface area contributed by atoms with Gasteiger partial charge in [0, 0.05) is 17.1 Å². The molecule has 3 aromatic rings. The lowest BCUT2D eigenvalue weighted by atomic mass is 10.2. The number of urea groups is 2. The number of benzene rings is 3. The van der Waals surface area contributed by atoms with E-state index in [1.165, 1.54) is 18.2 Å². The van der Waals surface area contributed by atoms with Crippen molar-refractivity contribution in [1.82, 2.24) is 0 Å². The summed E-state index contributed by atoms with van der Waals surface area (Å²) in [7, 11) is 0. The molecule has 0 saturated carbocycles. The molecule has 0 aromatic heterocycles. The number of anilines is 4. The van der Waals surface area contributed by atoms with E-state index in [1.807, 2.05) is 0 Å². The molecule has 160 valence electrons. The highest BCUT2D eigenvalue weighted by molar-refractivity contribution is 6.42. The Morgan fingerprint density at radius 2 is 0.871 bits per heavy atom. The molecule has 0 heterocycles. The van der Waals surface area contributed by atoms with Crippen molar-refractivity contribution < 1.29 is 9.59 Å². The zero-order valence-electron chi connectivity index (χ0n) is 15.4. The highest BCUT2D eigenvalue weighted by Crippen LogP contribution is 2.28. The van der Waals surface area contributed by atoms with Crippen molar-refractivity contribution in [2.24, 2.45) is 0 Å². The molecule has 0 fully saturated rings. The predicted octanol–water partition coefficient (Wildman–Crippen LogP) is 8.24. The van der Waals surface area contributed by atoms with Crippen LogP contribution in [0.3, 0.4) is 0 Å². The first-order valence-electron chi connectivity index (χ1n) is 8.57. The molecule has 0 radical (unpaired) electrons. The summed E-state index contributed by atoms with van der Waals surface area (Å²) in [5.74, 6) is 0. The molecule has 11 heteroatoms. The molecule has 3 rings (SSSR count). The average Bonchev–Trinajstić information content (AvgIpc) is 2.70. The van der Waals surface area contributed by atoms with Crippen LogP contribution in [0.2, 0.25) is 25.1 Å². The molecule has 4 amide bonds. The Labute approximate surface area is 202 Å². The predicted molar refractivity (Wildman–Crippen MR) is 130 cm³/mol. The Hall–Kier alpha value is -2.35. The van der Waals surface area contributed by atoms with E-state index in [0.29, 0.717) is 42.8 Å². The third kappa shape index (κ3) is 6.56. The van der Waals surface area contributed by atoms with Crippen LogP contribution >= 0.6 is 58.0 Å². The molecule has 0 saturated heterocycles. The van der Waals surface area contributed by atoms with Crippen LogP contribution in [-0.4, -0.2) is 12.1 Å². The molecule has 0 spiro atoms. The summed E-state index contributed by atoms with van der Waals surface area (Å²) in [4.78, 5) is 24.4. The first-order valence-corrected chi connectivity index (χ1v) is 10.5. The van der Waals surface area contributed by atoms with E-state index in [9.17, 15) is 9.59 Å². The minimum atomic E-state index is -0.529. The van der Waals surface area contributed by atoms with E-state index in [4.69, 9.17) is 58.0 Å². The topological polar surface area (TPSA) is 82.3 Å². The second-order valence-electron chi connectivity index (χ2n) is 6.11. The van der Waals surface area contributed by atoms with Gasteiger partial charge in [-0.2, -0.15) is 0 Å². The normalized spacial score (nSPS) is 10.4. The fraction of sp³-hybridized carbons (Fsp3) is 0. The van der Waals surface area contributed by atoms with E-state index >= 15 is 0 Å². The summed E-state index contributed by atoms with van der Waals surface area (Å²) >= 11 is 29.8. The van der Waals surface area contributed by atoms with Crippen molar-refractivity contribution in [3.63, 3.8) is 0 Å². The average molecular weight is 519 g/mol. The quantitative estimate of drug-likeness (QED) is 0.280. The molecular formula is C20H13Cl5N4O2. The fourth-order valence-electron chi connectivity index (χ4n) is 2.42. The Bertz CT molecular complexity index is 1160. The molecule has 31 heavy (non-hydrogen) atoms. The second kappa shape index (κ2) is 10.3. The summed E-state index contributed by atoms with van der Waals surface area (Å²) in [6.07, 6.45) is 0.